The summed E-state index contributed by atoms with van der Waals surface area (Å²) < 4.78 is 5.65. The van der Waals surface area contributed by atoms with Crippen molar-refractivity contribution in [1.82, 2.24) is 0 Å². The average Bonchev–Trinajstić information content (AvgIpc) is 3.30. The summed E-state index contributed by atoms with van der Waals surface area (Å²) in [7, 11) is 0. The molecule has 0 saturated carbocycles. The number of rotatable bonds is 17. The van der Waals surface area contributed by atoms with Crippen LogP contribution in [0.2, 0.25) is 0 Å². The molecule has 4 nitrogen and oxygen atoms in total. The Morgan fingerprint density at radius 1 is 0.821 bits per heavy atom. The highest BCUT2D eigenvalue weighted by Crippen LogP contribution is 2.47. The van der Waals surface area contributed by atoms with E-state index in [9.17, 15) is 10.1 Å². The SMILES string of the molecule is [C-]#[N+]/C(C#N)=C1\c2ccccc2-c2c(C(=O)OCCCCCCCC/C=C\CCCCCCCC)cccc21. The van der Waals surface area contributed by atoms with E-state index < -0.39 is 0 Å². The number of nitrogens with zero attached hydrogens (tertiary/aromatic N) is 2. The Bertz CT molecular complexity index is 1210. The number of carbonyl (C=O) groups excluding carboxylic acids is 1. The number of hydrogen-bond acceptors (Lipinski definition) is 3. The Balaban J connectivity index is 1.36. The molecule has 39 heavy (non-hydrogen) atoms. The van der Waals surface area contributed by atoms with Gasteiger partial charge >= 0.3 is 5.97 Å². The van der Waals surface area contributed by atoms with E-state index in [0.717, 1.165) is 41.5 Å². The number of fused-ring (bicyclic) bond motifs is 3. The Morgan fingerprint density at radius 2 is 1.41 bits per heavy atom. The van der Waals surface area contributed by atoms with E-state index in [0.29, 0.717) is 17.7 Å². The van der Waals surface area contributed by atoms with Gasteiger partial charge in [0.1, 0.15) is 0 Å². The Kier molecular flexibility index (Phi) is 13.1. The first kappa shape index (κ1) is 29.9. The third-order valence-electron chi connectivity index (χ3n) is 7.36. The minimum Gasteiger partial charge on any atom is -0.462 e. The minimum atomic E-state index is -0.350. The lowest BCUT2D eigenvalue weighted by Crippen LogP contribution is -2.08. The number of unbranched alkanes of at least 4 members (excludes halogenated alkanes) is 12. The highest BCUT2D eigenvalue weighted by Gasteiger charge is 2.30. The van der Waals surface area contributed by atoms with Gasteiger partial charge in [0.05, 0.1) is 24.8 Å². The Morgan fingerprint density at radius 3 is 2.05 bits per heavy atom. The zero-order chi connectivity index (χ0) is 27.7. The molecular formula is C35H42N2O2. The fourth-order valence-electron chi connectivity index (χ4n) is 5.27. The fraction of sp³-hybridized carbons (Fsp3) is 0.457. The molecule has 1 aliphatic carbocycles. The molecule has 0 bridgehead atoms. The zero-order valence-electron chi connectivity index (χ0n) is 23.5. The summed E-state index contributed by atoms with van der Waals surface area (Å²) in [5.74, 6) is -0.350. The predicted molar refractivity (Wildman–Crippen MR) is 160 cm³/mol. The summed E-state index contributed by atoms with van der Waals surface area (Å²) in [5.41, 5.74) is 4.30. The van der Waals surface area contributed by atoms with E-state index in [1.54, 1.807) is 12.1 Å². The van der Waals surface area contributed by atoms with E-state index in [-0.39, 0.29) is 11.7 Å². The maximum atomic E-state index is 13.0. The second-order valence-corrected chi connectivity index (χ2v) is 10.3. The van der Waals surface area contributed by atoms with Crippen LogP contribution in [0.15, 0.2) is 60.3 Å². The topological polar surface area (TPSA) is 54.5 Å². The third kappa shape index (κ3) is 8.69. The normalized spacial score (nSPS) is 13.0. The number of nitriles is 1. The van der Waals surface area contributed by atoms with Crippen LogP contribution in [0.5, 0.6) is 0 Å². The molecule has 204 valence electrons. The van der Waals surface area contributed by atoms with Crippen LogP contribution in [0.25, 0.3) is 21.5 Å². The summed E-state index contributed by atoms with van der Waals surface area (Å²) >= 11 is 0. The van der Waals surface area contributed by atoms with Gasteiger partial charge in [-0.15, -0.1) is 0 Å². The molecule has 0 aliphatic heterocycles. The Labute approximate surface area is 235 Å². The van der Waals surface area contributed by atoms with Crippen molar-refractivity contribution in [3.63, 3.8) is 0 Å². The number of carbonyl (C=O) groups is 1. The highest BCUT2D eigenvalue weighted by molar-refractivity contribution is 6.10. The van der Waals surface area contributed by atoms with Crippen molar-refractivity contribution in [3.05, 3.63) is 88.4 Å². The summed E-state index contributed by atoms with van der Waals surface area (Å²) in [5, 5.41) is 9.52. The quantitative estimate of drug-likeness (QED) is 0.0582. The molecule has 2 aromatic rings. The third-order valence-corrected chi connectivity index (χ3v) is 7.36. The van der Waals surface area contributed by atoms with Crippen molar-refractivity contribution in [2.24, 2.45) is 0 Å². The smallest absolute Gasteiger partial charge is 0.338 e. The summed E-state index contributed by atoms with van der Waals surface area (Å²) in [6, 6.07) is 15.1. The molecule has 0 fully saturated rings. The van der Waals surface area contributed by atoms with Crippen molar-refractivity contribution < 1.29 is 9.53 Å². The summed E-state index contributed by atoms with van der Waals surface area (Å²) in [4.78, 5) is 16.5. The molecule has 0 amide bonds. The van der Waals surface area contributed by atoms with Crippen molar-refractivity contribution in [3.8, 4) is 17.2 Å². The molecule has 0 atom stereocenters. The van der Waals surface area contributed by atoms with Crippen LogP contribution in [0.3, 0.4) is 0 Å². The lowest BCUT2D eigenvalue weighted by atomic mass is 9.99. The molecule has 0 radical (unpaired) electrons. The molecule has 1 aliphatic rings. The van der Waals surface area contributed by atoms with E-state index >= 15 is 0 Å². The molecule has 0 saturated heterocycles. The van der Waals surface area contributed by atoms with Crippen LogP contribution < -0.4 is 0 Å². The largest absolute Gasteiger partial charge is 0.462 e. The van der Waals surface area contributed by atoms with Crippen LogP contribution in [0.1, 0.15) is 118 Å². The van der Waals surface area contributed by atoms with Crippen molar-refractivity contribution in [2.45, 2.75) is 96.8 Å². The molecule has 3 rings (SSSR count). The number of allylic oxidation sites excluding steroid dienone is 3. The molecule has 0 unspecified atom stereocenters. The van der Waals surface area contributed by atoms with Crippen molar-refractivity contribution >= 4 is 11.5 Å². The fourth-order valence-corrected chi connectivity index (χ4v) is 5.27. The first-order valence-electron chi connectivity index (χ1n) is 14.8. The maximum Gasteiger partial charge on any atom is 0.338 e. The van der Waals surface area contributed by atoms with Crippen LogP contribution >= 0.6 is 0 Å². The standard InChI is InChI=1S/C35H42N2O2/c1-3-4-5-6-7-8-9-10-11-12-13-14-15-16-17-20-26-39-35(38)31-25-21-24-30-33(31)28-22-18-19-23-29(28)34(30)32(27-36)37-2/h10-11,18-19,21-25H,3-9,12-17,20,26H2,1H3/b11-10-,34-32+. The van der Waals surface area contributed by atoms with Crippen molar-refractivity contribution in [1.29, 1.82) is 5.26 Å². The second-order valence-electron chi connectivity index (χ2n) is 10.3. The number of benzene rings is 2. The van der Waals surface area contributed by atoms with Gasteiger partial charge in [0.15, 0.2) is 0 Å². The van der Waals surface area contributed by atoms with E-state index in [4.69, 9.17) is 11.3 Å². The van der Waals surface area contributed by atoms with E-state index in [1.165, 1.54) is 70.6 Å². The average molecular weight is 523 g/mol. The van der Waals surface area contributed by atoms with Crippen LogP contribution in [0, 0.1) is 17.9 Å². The summed E-state index contributed by atoms with van der Waals surface area (Å²) in [6.45, 7) is 10.1. The highest BCUT2D eigenvalue weighted by atomic mass is 16.5. The van der Waals surface area contributed by atoms with Gasteiger partial charge in [-0.1, -0.05) is 113 Å². The van der Waals surface area contributed by atoms with Gasteiger partial charge in [0, 0.05) is 11.1 Å². The monoisotopic (exact) mass is 522 g/mol. The first-order valence-corrected chi connectivity index (χ1v) is 14.8. The van der Waals surface area contributed by atoms with Crippen molar-refractivity contribution in [2.75, 3.05) is 6.61 Å². The van der Waals surface area contributed by atoms with E-state index in [1.807, 2.05) is 36.4 Å². The van der Waals surface area contributed by atoms with Crippen LogP contribution in [-0.4, -0.2) is 12.6 Å². The van der Waals surface area contributed by atoms with Gasteiger partial charge in [-0.3, -0.25) is 0 Å². The summed E-state index contributed by atoms with van der Waals surface area (Å²) in [6.07, 6.45) is 22.1. The lowest BCUT2D eigenvalue weighted by molar-refractivity contribution is 0.0498. The molecule has 0 N–H and O–H groups in total. The van der Waals surface area contributed by atoms with Gasteiger partial charge < -0.3 is 4.74 Å². The van der Waals surface area contributed by atoms with Gasteiger partial charge in [-0.25, -0.2) is 14.9 Å². The van der Waals surface area contributed by atoms with Gasteiger partial charge in [0.25, 0.3) is 5.70 Å². The molecule has 0 heterocycles. The molecule has 2 aromatic carbocycles. The molecule has 0 spiro atoms. The number of hydrogen-bond donors (Lipinski definition) is 0. The van der Waals surface area contributed by atoms with Gasteiger partial charge in [-0.2, -0.15) is 0 Å². The molecular weight excluding hydrogens is 480 g/mol. The minimum absolute atomic E-state index is 0.0379. The number of esters is 1. The number of ether oxygens (including phenoxy) is 1. The predicted octanol–water partition coefficient (Wildman–Crippen LogP) is 10.1. The molecule has 4 heteroatoms. The lowest BCUT2D eigenvalue weighted by Gasteiger charge is -2.10. The van der Waals surface area contributed by atoms with E-state index in [2.05, 4.69) is 23.9 Å². The molecule has 0 aromatic heterocycles. The van der Waals surface area contributed by atoms with Gasteiger partial charge in [-0.05, 0) is 54.9 Å². The van der Waals surface area contributed by atoms with Gasteiger partial charge in [0.2, 0.25) is 0 Å². The van der Waals surface area contributed by atoms with Crippen LogP contribution in [0.4, 0.5) is 0 Å². The maximum absolute atomic E-state index is 13.0. The van der Waals surface area contributed by atoms with Crippen LogP contribution in [-0.2, 0) is 4.74 Å². The first-order chi connectivity index (χ1) is 19.2. The zero-order valence-corrected chi connectivity index (χ0v) is 23.5. The second kappa shape index (κ2) is 17.1. The Hall–Kier alpha value is -3.63.